The van der Waals surface area contributed by atoms with Crippen molar-refractivity contribution in [1.82, 2.24) is 4.90 Å². The Bertz CT molecular complexity index is 388. The third-order valence-electron chi connectivity index (χ3n) is 3.81. The van der Waals surface area contributed by atoms with E-state index in [4.69, 9.17) is 10.5 Å². The van der Waals surface area contributed by atoms with Crippen LogP contribution < -0.4 is 10.5 Å². The van der Waals surface area contributed by atoms with Crippen LogP contribution in [0.4, 0.5) is 0 Å². The van der Waals surface area contributed by atoms with Crippen molar-refractivity contribution in [2.24, 2.45) is 5.73 Å². The first-order valence-electron chi connectivity index (χ1n) is 7.36. The van der Waals surface area contributed by atoms with Gasteiger partial charge in [-0.2, -0.15) is 0 Å². The molecular formula is C16H26N2O. The Morgan fingerprint density at radius 3 is 2.37 bits per heavy atom. The van der Waals surface area contributed by atoms with E-state index in [-0.39, 0.29) is 0 Å². The van der Waals surface area contributed by atoms with Crippen LogP contribution in [-0.4, -0.2) is 37.7 Å². The van der Waals surface area contributed by atoms with Crippen molar-refractivity contribution in [1.29, 1.82) is 0 Å². The van der Waals surface area contributed by atoms with Crippen LogP contribution in [0.1, 0.15) is 29.5 Å². The summed E-state index contributed by atoms with van der Waals surface area (Å²) < 4.78 is 5.99. The van der Waals surface area contributed by atoms with Crippen LogP contribution in [0, 0.1) is 13.8 Å². The van der Waals surface area contributed by atoms with Gasteiger partial charge in [0, 0.05) is 6.54 Å². The van der Waals surface area contributed by atoms with E-state index in [1.165, 1.54) is 42.6 Å². The van der Waals surface area contributed by atoms with Crippen LogP contribution in [-0.2, 0) is 6.42 Å². The number of nitrogens with zero attached hydrogens (tertiary/aromatic N) is 1. The summed E-state index contributed by atoms with van der Waals surface area (Å²) in [5, 5.41) is 0. The van der Waals surface area contributed by atoms with Crippen LogP contribution in [0.2, 0.25) is 0 Å². The molecule has 0 aliphatic carbocycles. The zero-order valence-electron chi connectivity index (χ0n) is 12.2. The van der Waals surface area contributed by atoms with E-state index in [1.54, 1.807) is 0 Å². The van der Waals surface area contributed by atoms with E-state index >= 15 is 0 Å². The minimum absolute atomic E-state index is 0.702. The van der Waals surface area contributed by atoms with Gasteiger partial charge in [-0.1, -0.05) is 12.1 Å². The lowest BCUT2D eigenvalue weighted by atomic mass is 10.0. The van der Waals surface area contributed by atoms with Crippen molar-refractivity contribution in [3.63, 3.8) is 0 Å². The molecule has 3 heteroatoms. The molecule has 1 aliphatic rings. The molecule has 1 saturated heterocycles. The molecule has 2 rings (SSSR count). The molecule has 1 aromatic carbocycles. The SMILES string of the molecule is Cc1cc(CCN)cc(C)c1OCCN1CCCC1. The molecule has 0 unspecified atom stereocenters. The van der Waals surface area contributed by atoms with Crippen molar-refractivity contribution >= 4 is 0 Å². The fourth-order valence-electron chi connectivity index (χ4n) is 2.86. The molecule has 19 heavy (non-hydrogen) atoms. The van der Waals surface area contributed by atoms with Gasteiger partial charge in [0.15, 0.2) is 0 Å². The Balaban J connectivity index is 1.91. The van der Waals surface area contributed by atoms with E-state index in [0.717, 1.165) is 25.3 Å². The highest BCUT2D eigenvalue weighted by Crippen LogP contribution is 2.25. The van der Waals surface area contributed by atoms with E-state index in [0.29, 0.717) is 6.54 Å². The lowest BCUT2D eigenvalue weighted by molar-refractivity contribution is 0.236. The van der Waals surface area contributed by atoms with E-state index in [2.05, 4.69) is 30.9 Å². The number of hydrogen-bond acceptors (Lipinski definition) is 3. The second-order valence-electron chi connectivity index (χ2n) is 5.49. The predicted molar refractivity (Wildman–Crippen MR) is 79.8 cm³/mol. The Morgan fingerprint density at radius 1 is 1.16 bits per heavy atom. The third-order valence-corrected chi connectivity index (χ3v) is 3.81. The van der Waals surface area contributed by atoms with Gasteiger partial charge in [-0.15, -0.1) is 0 Å². The number of benzene rings is 1. The number of nitrogens with two attached hydrogens (primary N) is 1. The molecule has 0 atom stereocenters. The predicted octanol–water partition coefficient (Wildman–Crippen LogP) is 2.28. The van der Waals surface area contributed by atoms with Crippen molar-refractivity contribution in [2.45, 2.75) is 33.1 Å². The third kappa shape index (κ3) is 3.95. The fourth-order valence-corrected chi connectivity index (χ4v) is 2.86. The molecule has 2 N–H and O–H groups in total. The Morgan fingerprint density at radius 2 is 1.79 bits per heavy atom. The summed E-state index contributed by atoms with van der Waals surface area (Å²) in [4.78, 5) is 2.48. The van der Waals surface area contributed by atoms with Crippen LogP contribution in [0.3, 0.4) is 0 Å². The first-order valence-corrected chi connectivity index (χ1v) is 7.36. The zero-order chi connectivity index (χ0) is 13.7. The molecule has 1 heterocycles. The van der Waals surface area contributed by atoms with Gasteiger partial charge in [0.25, 0.3) is 0 Å². The monoisotopic (exact) mass is 262 g/mol. The van der Waals surface area contributed by atoms with Crippen LogP contribution in [0.25, 0.3) is 0 Å². The van der Waals surface area contributed by atoms with E-state index in [9.17, 15) is 0 Å². The highest BCUT2D eigenvalue weighted by atomic mass is 16.5. The number of aryl methyl sites for hydroxylation is 2. The second-order valence-corrected chi connectivity index (χ2v) is 5.49. The molecule has 1 aliphatic heterocycles. The molecule has 0 aromatic heterocycles. The van der Waals surface area contributed by atoms with Crippen molar-refractivity contribution in [3.05, 3.63) is 28.8 Å². The van der Waals surface area contributed by atoms with Gasteiger partial charge in [0.1, 0.15) is 12.4 Å². The number of rotatable bonds is 6. The molecule has 0 amide bonds. The molecule has 0 saturated carbocycles. The van der Waals surface area contributed by atoms with E-state index < -0.39 is 0 Å². The van der Waals surface area contributed by atoms with Gasteiger partial charge in [-0.05, 0) is 69.4 Å². The highest BCUT2D eigenvalue weighted by Gasteiger charge is 2.12. The van der Waals surface area contributed by atoms with Crippen molar-refractivity contribution in [2.75, 3.05) is 32.8 Å². The second kappa shape index (κ2) is 6.92. The average molecular weight is 262 g/mol. The normalized spacial score (nSPS) is 15.9. The quantitative estimate of drug-likeness (QED) is 0.855. The number of likely N-dealkylation sites (tertiary alicyclic amines) is 1. The molecule has 106 valence electrons. The number of ether oxygens (including phenoxy) is 1. The zero-order valence-corrected chi connectivity index (χ0v) is 12.2. The Hall–Kier alpha value is -1.06. The van der Waals surface area contributed by atoms with Crippen molar-refractivity contribution < 1.29 is 4.74 Å². The minimum atomic E-state index is 0.702. The van der Waals surface area contributed by atoms with Gasteiger partial charge < -0.3 is 10.5 Å². The van der Waals surface area contributed by atoms with Crippen LogP contribution in [0.15, 0.2) is 12.1 Å². The summed E-state index contributed by atoms with van der Waals surface area (Å²) >= 11 is 0. The lowest BCUT2D eigenvalue weighted by Gasteiger charge is -2.17. The molecule has 0 bridgehead atoms. The molecule has 0 spiro atoms. The van der Waals surface area contributed by atoms with Crippen LogP contribution >= 0.6 is 0 Å². The van der Waals surface area contributed by atoms with Gasteiger partial charge in [0.2, 0.25) is 0 Å². The topological polar surface area (TPSA) is 38.5 Å². The maximum Gasteiger partial charge on any atom is 0.125 e. The highest BCUT2D eigenvalue weighted by molar-refractivity contribution is 5.43. The summed E-state index contributed by atoms with van der Waals surface area (Å²) in [6.45, 7) is 9.25. The largest absolute Gasteiger partial charge is 0.492 e. The fraction of sp³-hybridized carbons (Fsp3) is 0.625. The smallest absolute Gasteiger partial charge is 0.125 e. The van der Waals surface area contributed by atoms with Gasteiger partial charge in [0.05, 0.1) is 0 Å². The molecule has 3 nitrogen and oxygen atoms in total. The van der Waals surface area contributed by atoms with E-state index in [1.807, 2.05) is 0 Å². The molecule has 0 radical (unpaired) electrons. The Kier molecular flexibility index (Phi) is 5.23. The van der Waals surface area contributed by atoms with Crippen molar-refractivity contribution in [3.8, 4) is 5.75 Å². The summed E-state index contributed by atoms with van der Waals surface area (Å²) in [5.41, 5.74) is 9.38. The molecular weight excluding hydrogens is 236 g/mol. The average Bonchev–Trinajstić information content (AvgIpc) is 2.86. The maximum absolute atomic E-state index is 5.99. The van der Waals surface area contributed by atoms with Gasteiger partial charge in [-0.25, -0.2) is 0 Å². The minimum Gasteiger partial charge on any atom is -0.492 e. The first kappa shape index (κ1) is 14.4. The van der Waals surface area contributed by atoms with Gasteiger partial charge >= 0.3 is 0 Å². The van der Waals surface area contributed by atoms with Gasteiger partial charge in [-0.3, -0.25) is 4.90 Å². The maximum atomic E-state index is 5.99. The lowest BCUT2D eigenvalue weighted by Crippen LogP contribution is -2.25. The standard InChI is InChI=1S/C16H26N2O/c1-13-11-15(5-6-17)12-14(2)16(13)19-10-9-18-7-3-4-8-18/h11-12H,3-10,17H2,1-2H3. The first-order chi connectivity index (χ1) is 9.20. The summed E-state index contributed by atoms with van der Waals surface area (Å²) in [6, 6.07) is 4.40. The summed E-state index contributed by atoms with van der Waals surface area (Å²) in [6.07, 6.45) is 3.62. The molecule has 1 fully saturated rings. The molecule has 1 aromatic rings. The summed E-state index contributed by atoms with van der Waals surface area (Å²) in [7, 11) is 0. The summed E-state index contributed by atoms with van der Waals surface area (Å²) in [5.74, 6) is 1.06. The number of hydrogen-bond donors (Lipinski definition) is 1. The Labute approximate surface area is 116 Å². The van der Waals surface area contributed by atoms with Crippen LogP contribution in [0.5, 0.6) is 5.75 Å².